The van der Waals surface area contributed by atoms with E-state index in [1.807, 2.05) is 0 Å². The molecule has 0 bridgehead atoms. The number of carbonyl (C=O) groups is 3. The minimum absolute atomic E-state index is 0. The van der Waals surface area contributed by atoms with Crippen LogP contribution < -0.4 is 5.11 Å². The van der Waals surface area contributed by atoms with Gasteiger partial charge in [-0.2, -0.15) is 6.20 Å². The van der Waals surface area contributed by atoms with Crippen molar-refractivity contribution in [2.45, 2.75) is 27.7 Å². The Balaban J connectivity index is 0. The van der Waals surface area contributed by atoms with Gasteiger partial charge in [0.25, 0.3) is 0 Å². The Morgan fingerprint density at radius 1 is 1.00 bits per heavy atom. The molecule has 0 aromatic heterocycles. The quantitative estimate of drug-likeness (QED) is 0.182. The van der Waals surface area contributed by atoms with Crippen LogP contribution in [0.2, 0.25) is 0 Å². The summed E-state index contributed by atoms with van der Waals surface area (Å²) in [6.07, 6.45) is 2.39. The number of allylic oxidation sites excluding steroid dienone is 3. The van der Waals surface area contributed by atoms with Crippen LogP contribution in [0.3, 0.4) is 0 Å². The van der Waals surface area contributed by atoms with Crippen LogP contribution in [0.25, 0.3) is 5.32 Å². The van der Waals surface area contributed by atoms with E-state index >= 15 is 0 Å². The van der Waals surface area contributed by atoms with Crippen molar-refractivity contribution in [2.75, 3.05) is 7.11 Å². The number of para-hydroxylation sites is 2. The molecule has 8 heteroatoms. The van der Waals surface area contributed by atoms with Crippen molar-refractivity contribution >= 4 is 34.9 Å². The van der Waals surface area contributed by atoms with E-state index in [1.165, 1.54) is 40.1 Å². The minimum Gasteiger partial charge on any atom is -0.875 e. The zero-order valence-electron chi connectivity index (χ0n) is 15.8. The summed E-state index contributed by atoms with van der Waals surface area (Å²) in [6, 6.07) is 6.71. The van der Waals surface area contributed by atoms with Crippen LogP contribution in [0, 0.1) is 0 Å². The summed E-state index contributed by atoms with van der Waals surface area (Å²) in [4.78, 5) is 38.3. The molecule has 7 nitrogen and oxygen atoms in total. The molecule has 0 aliphatic rings. The molecule has 0 radical (unpaired) electrons. The third kappa shape index (κ3) is 9.08. The summed E-state index contributed by atoms with van der Waals surface area (Å²) in [5, 5.41) is 22.5. The summed E-state index contributed by atoms with van der Waals surface area (Å²) < 4.78 is 0. The van der Waals surface area contributed by atoms with Gasteiger partial charge in [-0.25, -0.2) is 0 Å². The van der Waals surface area contributed by atoms with E-state index in [9.17, 15) is 19.5 Å². The van der Waals surface area contributed by atoms with Gasteiger partial charge in [0.2, 0.25) is 0 Å². The van der Waals surface area contributed by atoms with Crippen molar-refractivity contribution in [2.24, 2.45) is 4.99 Å². The normalized spacial score (nSPS) is 10.6. The van der Waals surface area contributed by atoms with Gasteiger partial charge in [0.05, 0.1) is 0 Å². The number of aliphatic hydroxyl groups is 1. The third-order valence-electron chi connectivity index (χ3n) is 3.06. The number of ketones is 3. The van der Waals surface area contributed by atoms with Crippen LogP contribution in [0.1, 0.15) is 27.7 Å². The molecule has 27 heavy (non-hydrogen) atoms. The largest absolute Gasteiger partial charge is 2.00 e. The first-order chi connectivity index (χ1) is 12.2. The predicted octanol–water partition coefficient (Wildman–Crippen LogP) is 2.29. The monoisotopic (exact) mass is 416 g/mol. The number of nitrogens with zero attached hydrogens (tertiary/aromatic N) is 2. The summed E-state index contributed by atoms with van der Waals surface area (Å²) in [5.74, 6) is -1.51. The fourth-order valence-electron chi connectivity index (χ4n) is 1.81. The summed E-state index contributed by atoms with van der Waals surface area (Å²) in [7, 11) is 1.00. The standard InChI is InChI=1S/C18H20N2O4.CH4O.Ni/c1-11(21)15(12(2)22)9-19-17-7-5-6-8-18(17)20-10-16(13(3)23)14(4)24;1-2;/h5-10H,1-4H3,(H2,19,20,21,22,23,24);2H,1H3;/q;;+2/p-2. The molecular formula is C19H22N2NiO5. The van der Waals surface area contributed by atoms with E-state index in [4.69, 9.17) is 5.11 Å². The second-order valence-corrected chi connectivity index (χ2v) is 5.06. The van der Waals surface area contributed by atoms with E-state index in [0.717, 1.165) is 7.11 Å². The summed E-state index contributed by atoms with van der Waals surface area (Å²) in [5.41, 5.74) is 0.766. The molecular weight excluding hydrogens is 395 g/mol. The molecule has 0 amide bonds. The smallest absolute Gasteiger partial charge is 0.875 e. The van der Waals surface area contributed by atoms with Gasteiger partial charge in [-0.1, -0.05) is 25.1 Å². The fourth-order valence-corrected chi connectivity index (χ4v) is 1.81. The fraction of sp³-hybridized carbons (Fsp3) is 0.263. The molecule has 1 rings (SSSR count). The summed E-state index contributed by atoms with van der Waals surface area (Å²) >= 11 is 0. The Labute approximate surface area is 168 Å². The van der Waals surface area contributed by atoms with Crippen molar-refractivity contribution in [1.82, 2.24) is 0 Å². The van der Waals surface area contributed by atoms with Crippen molar-refractivity contribution in [3.8, 4) is 0 Å². The average molecular weight is 417 g/mol. The third-order valence-corrected chi connectivity index (χ3v) is 3.06. The predicted molar refractivity (Wildman–Crippen MR) is 98.6 cm³/mol. The number of hydrogen-bond donors (Lipinski definition) is 1. The second-order valence-electron chi connectivity index (χ2n) is 5.06. The molecule has 0 aliphatic heterocycles. The van der Waals surface area contributed by atoms with Crippen LogP contribution in [0.15, 0.2) is 52.4 Å². The Hall–Kier alpha value is -2.57. The Kier molecular flexibility index (Phi) is 13.4. The van der Waals surface area contributed by atoms with Gasteiger partial charge in [0.15, 0.2) is 17.3 Å². The van der Waals surface area contributed by atoms with Gasteiger partial charge in [0.1, 0.15) is 0 Å². The first kappa shape index (κ1) is 26.7. The molecule has 148 valence electrons. The van der Waals surface area contributed by atoms with Crippen LogP contribution in [0.4, 0.5) is 11.4 Å². The van der Waals surface area contributed by atoms with E-state index in [2.05, 4.69) is 10.3 Å². The van der Waals surface area contributed by atoms with Crippen LogP contribution in [-0.4, -0.2) is 35.8 Å². The van der Waals surface area contributed by atoms with Crippen molar-refractivity contribution in [3.05, 3.63) is 52.7 Å². The van der Waals surface area contributed by atoms with E-state index in [1.54, 1.807) is 24.3 Å². The first-order valence-electron chi connectivity index (χ1n) is 7.63. The molecule has 0 spiro atoms. The number of hydrogen-bond acceptors (Lipinski definition) is 6. The Morgan fingerprint density at radius 2 is 1.52 bits per heavy atom. The molecule has 0 aliphatic carbocycles. The SMILES string of the molecule is CC(=O)C(=C[N-]c1ccccc1N=C/C(C(C)=O)=C(/C)[O-])C(C)=O.CO.[Ni+2]. The molecule has 1 N–H and O–H groups in total. The van der Waals surface area contributed by atoms with Gasteiger partial charge in [-0.15, -0.1) is 11.4 Å². The average Bonchev–Trinajstić information content (AvgIpc) is 2.57. The first-order valence-corrected chi connectivity index (χ1v) is 7.63. The molecule has 0 atom stereocenters. The van der Waals surface area contributed by atoms with E-state index in [0.29, 0.717) is 11.4 Å². The van der Waals surface area contributed by atoms with Crippen molar-refractivity contribution < 1.29 is 41.1 Å². The van der Waals surface area contributed by atoms with Gasteiger partial charge in [-0.05, 0) is 26.8 Å². The van der Waals surface area contributed by atoms with Crippen LogP contribution in [0.5, 0.6) is 0 Å². The number of benzene rings is 1. The zero-order valence-corrected chi connectivity index (χ0v) is 16.7. The van der Waals surface area contributed by atoms with Crippen LogP contribution in [-0.2, 0) is 30.9 Å². The topological polar surface area (TPSA) is 121 Å². The second kappa shape index (κ2) is 13.6. The molecule has 1 aromatic carbocycles. The maximum atomic E-state index is 11.4. The number of aliphatic imine (C=N–C) groups is 1. The summed E-state index contributed by atoms with van der Waals surface area (Å²) in [6.45, 7) is 5.14. The van der Waals surface area contributed by atoms with Crippen LogP contribution >= 0.6 is 0 Å². The molecule has 0 saturated carbocycles. The Bertz CT molecular complexity index is 747. The van der Waals surface area contributed by atoms with Gasteiger partial charge >= 0.3 is 16.5 Å². The molecule has 0 fully saturated rings. The zero-order chi connectivity index (χ0) is 20.3. The van der Waals surface area contributed by atoms with Gasteiger partial charge < -0.3 is 15.5 Å². The number of aliphatic hydroxyl groups excluding tert-OH is 1. The molecule has 0 saturated heterocycles. The molecule has 1 aromatic rings. The Morgan fingerprint density at radius 3 is 1.96 bits per heavy atom. The van der Waals surface area contributed by atoms with Crippen molar-refractivity contribution in [1.29, 1.82) is 0 Å². The van der Waals surface area contributed by atoms with E-state index in [-0.39, 0.29) is 50.7 Å². The van der Waals surface area contributed by atoms with Gasteiger partial charge in [0, 0.05) is 30.2 Å². The molecule has 0 heterocycles. The maximum Gasteiger partial charge on any atom is 2.00 e. The number of Topliss-reactive ketones (excluding diaryl/α,β-unsaturated/α-hetero) is 3. The van der Waals surface area contributed by atoms with Crippen molar-refractivity contribution in [3.63, 3.8) is 0 Å². The van der Waals surface area contributed by atoms with E-state index < -0.39 is 0 Å². The minimum atomic E-state index is -0.379. The number of rotatable bonds is 7. The molecule has 0 unspecified atom stereocenters. The maximum absolute atomic E-state index is 11.4. The number of carbonyl (C=O) groups excluding carboxylic acids is 3. The van der Waals surface area contributed by atoms with Gasteiger partial charge in [-0.3, -0.25) is 19.4 Å².